The van der Waals surface area contributed by atoms with Gasteiger partial charge in [0.2, 0.25) is 5.91 Å². The van der Waals surface area contributed by atoms with Crippen molar-refractivity contribution in [3.05, 3.63) is 15.6 Å². The highest BCUT2D eigenvalue weighted by Gasteiger charge is 2.30. The fraction of sp³-hybridized carbons (Fsp3) is 0.750. The monoisotopic (exact) mass is 406 g/mol. The molecule has 0 spiro atoms. The van der Waals surface area contributed by atoms with Gasteiger partial charge in [-0.2, -0.15) is 0 Å². The molecule has 0 atom stereocenters. The summed E-state index contributed by atoms with van der Waals surface area (Å²) in [6.45, 7) is 13.1. The molecule has 2 fully saturated rings. The quantitative estimate of drug-likeness (QED) is 0.533. The molecule has 0 bridgehead atoms. The molecule has 2 aliphatic rings. The van der Waals surface area contributed by atoms with Crippen molar-refractivity contribution in [3.63, 3.8) is 0 Å². The van der Waals surface area contributed by atoms with Gasteiger partial charge in [-0.05, 0) is 33.6 Å². The van der Waals surface area contributed by atoms with Gasteiger partial charge in [-0.1, -0.05) is 6.42 Å². The molecule has 156 valence electrons. The van der Waals surface area contributed by atoms with Crippen LogP contribution in [0, 0.1) is 19.8 Å². The lowest BCUT2D eigenvalue weighted by atomic mass is 9.84. The van der Waals surface area contributed by atoms with Crippen molar-refractivity contribution in [3.8, 4) is 0 Å². The third kappa shape index (κ3) is 5.67. The van der Waals surface area contributed by atoms with E-state index < -0.39 is 0 Å². The highest BCUT2D eigenvalue weighted by molar-refractivity contribution is 7.11. The van der Waals surface area contributed by atoms with Crippen LogP contribution in [-0.4, -0.2) is 72.5 Å². The molecule has 7 nitrogen and oxygen atoms in total. The molecule has 0 aromatic carbocycles. The largest absolute Gasteiger partial charge is 0.357 e. The van der Waals surface area contributed by atoms with Gasteiger partial charge in [0.25, 0.3) is 0 Å². The van der Waals surface area contributed by atoms with E-state index >= 15 is 0 Å². The minimum absolute atomic E-state index is 0.317. The summed E-state index contributed by atoms with van der Waals surface area (Å²) < 4.78 is 0. The Balaban J connectivity index is 1.38. The normalized spacial score (nSPS) is 18.8. The molecule has 1 saturated heterocycles. The van der Waals surface area contributed by atoms with E-state index in [0.29, 0.717) is 18.4 Å². The van der Waals surface area contributed by atoms with E-state index in [2.05, 4.69) is 44.3 Å². The fourth-order valence-corrected chi connectivity index (χ4v) is 4.39. The predicted octanol–water partition coefficient (Wildman–Crippen LogP) is 1.76. The van der Waals surface area contributed by atoms with E-state index in [9.17, 15) is 4.79 Å². The highest BCUT2D eigenvalue weighted by atomic mass is 32.1. The van der Waals surface area contributed by atoms with Crippen molar-refractivity contribution < 1.29 is 4.79 Å². The van der Waals surface area contributed by atoms with Crippen molar-refractivity contribution in [2.45, 2.75) is 46.6 Å². The van der Waals surface area contributed by atoms with Gasteiger partial charge in [-0.15, -0.1) is 11.3 Å². The SMILES string of the molecule is CCNC(=NCc1nc(C)c(C)s1)NCCN1CCN(C(=O)C2CCC2)CC1. The standard InChI is InChI=1S/C20H34N6OS/c1-4-21-20(23-14-18-24-15(2)16(3)28-18)22-8-9-25-10-12-26(13-11-25)19(27)17-6-5-7-17/h17H,4-14H2,1-3H3,(H2,21,22,23). The Hall–Kier alpha value is -1.67. The van der Waals surface area contributed by atoms with Gasteiger partial charge in [0, 0.05) is 56.6 Å². The Morgan fingerprint density at radius 2 is 1.96 bits per heavy atom. The van der Waals surface area contributed by atoms with Crippen molar-refractivity contribution in [2.24, 2.45) is 10.9 Å². The van der Waals surface area contributed by atoms with Crippen molar-refractivity contribution in [1.82, 2.24) is 25.4 Å². The Morgan fingerprint density at radius 3 is 2.54 bits per heavy atom. The van der Waals surface area contributed by atoms with Crippen molar-refractivity contribution >= 4 is 23.2 Å². The number of nitrogens with one attached hydrogen (secondary N) is 2. The van der Waals surface area contributed by atoms with Crippen LogP contribution in [0.4, 0.5) is 0 Å². The van der Waals surface area contributed by atoms with Crippen LogP contribution in [0.25, 0.3) is 0 Å². The zero-order chi connectivity index (χ0) is 19.9. The maximum absolute atomic E-state index is 12.3. The molecule has 1 aliphatic carbocycles. The maximum Gasteiger partial charge on any atom is 0.225 e. The lowest BCUT2D eigenvalue weighted by Gasteiger charge is -2.38. The number of aryl methyl sites for hydroxylation is 2. The van der Waals surface area contributed by atoms with Crippen LogP contribution < -0.4 is 10.6 Å². The van der Waals surface area contributed by atoms with E-state index in [1.807, 2.05) is 6.92 Å². The number of amides is 1. The molecule has 0 radical (unpaired) electrons. The van der Waals surface area contributed by atoms with Crippen molar-refractivity contribution in [1.29, 1.82) is 0 Å². The van der Waals surface area contributed by atoms with E-state index in [4.69, 9.17) is 0 Å². The van der Waals surface area contributed by atoms with Crippen molar-refractivity contribution in [2.75, 3.05) is 45.8 Å². The first-order chi connectivity index (χ1) is 13.6. The van der Waals surface area contributed by atoms with Crippen LogP contribution >= 0.6 is 11.3 Å². The number of nitrogens with zero attached hydrogens (tertiary/aromatic N) is 4. The van der Waals surface area contributed by atoms with Crippen LogP contribution in [0.15, 0.2) is 4.99 Å². The van der Waals surface area contributed by atoms with E-state index in [0.717, 1.165) is 75.3 Å². The van der Waals surface area contributed by atoms with Gasteiger partial charge < -0.3 is 15.5 Å². The molecule has 0 unspecified atom stereocenters. The second-order valence-corrected chi connectivity index (χ2v) is 8.95. The Kier molecular flexibility index (Phi) is 7.67. The van der Waals surface area contributed by atoms with Crippen LogP contribution in [0.3, 0.4) is 0 Å². The molecule has 1 aliphatic heterocycles. The molecular formula is C20H34N6OS. The van der Waals surface area contributed by atoms with Crippen LogP contribution in [0.2, 0.25) is 0 Å². The second-order valence-electron chi connectivity index (χ2n) is 7.67. The van der Waals surface area contributed by atoms with E-state index in [1.54, 1.807) is 11.3 Å². The molecule has 3 rings (SSSR count). The number of carbonyl (C=O) groups excluding carboxylic acids is 1. The predicted molar refractivity (Wildman–Crippen MR) is 115 cm³/mol. The average molecular weight is 407 g/mol. The summed E-state index contributed by atoms with van der Waals surface area (Å²) in [5.41, 5.74) is 1.10. The number of piperazine rings is 1. The van der Waals surface area contributed by atoms with Gasteiger partial charge in [0.1, 0.15) is 5.01 Å². The van der Waals surface area contributed by atoms with E-state index in [-0.39, 0.29) is 0 Å². The third-order valence-corrected chi connectivity index (χ3v) is 6.71. The summed E-state index contributed by atoms with van der Waals surface area (Å²) in [5, 5.41) is 7.78. The van der Waals surface area contributed by atoms with Gasteiger partial charge >= 0.3 is 0 Å². The Morgan fingerprint density at radius 1 is 1.21 bits per heavy atom. The minimum atomic E-state index is 0.317. The summed E-state index contributed by atoms with van der Waals surface area (Å²) in [4.78, 5) is 27.3. The highest BCUT2D eigenvalue weighted by Crippen LogP contribution is 2.28. The number of guanidine groups is 1. The third-order valence-electron chi connectivity index (χ3n) is 5.65. The number of carbonyl (C=O) groups is 1. The topological polar surface area (TPSA) is 72.9 Å². The molecule has 1 aromatic rings. The molecule has 8 heteroatoms. The zero-order valence-corrected chi connectivity index (χ0v) is 18.3. The average Bonchev–Trinajstić information content (AvgIpc) is 2.96. The molecule has 1 aromatic heterocycles. The number of hydrogen-bond donors (Lipinski definition) is 2. The van der Waals surface area contributed by atoms with Gasteiger partial charge in [-0.3, -0.25) is 9.69 Å². The first-order valence-corrected chi connectivity index (χ1v) is 11.3. The molecule has 2 heterocycles. The molecule has 28 heavy (non-hydrogen) atoms. The summed E-state index contributed by atoms with van der Waals surface area (Å²) in [6, 6.07) is 0. The summed E-state index contributed by atoms with van der Waals surface area (Å²) >= 11 is 1.72. The Bertz CT molecular complexity index is 657. The Labute approximate surface area is 172 Å². The summed E-state index contributed by atoms with van der Waals surface area (Å²) in [5.74, 6) is 1.54. The maximum atomic E-state index is 12.3. The van der Waals surface area contributed by atoms with Crippen LogP contribution in [-0.2, 0) is 11.3 Å². The smallest absolute Gasteiger partial charge is 0.225 e. The molecular weight excluding hydrogens is 372 g/mol. The minimum Gasteiger partial charge on any atom is -0.357 e. The summed E-state index contributed by atoms with van der Waals surface area (Å²) in [7, 11) is 0. The second kappa shape index (κ2) is 10.2. The van der Waals surface area contributed by atoms with Gasteiger partial charge in [-0.25, -0.2) is 9.98 Å². The number of aromatic nitrogens is 1. The number of hydrogen-bond acceptors (Lipinski definition) is 5. The number of rotatable bonds is 7. The zero-order valence-electron chi connectivity index (χ0n) is 17.5. The van der Waals surface area contributed by atoms with Gasteiger partial charge in [0.15, 0.2) is 5.96 Å². The fourth-order valence-electron chi connectivity index (χ4n) is 3.53. The van der Waals surface area contributed by atoms with Gasteiger partial charge in [0.05, 0.1) is 12.2 Å². The van der Waals surface area contributed by atoms with Crippen LogP contribution in [0.1, 0.15) is 41.8 Å². The van der Waals surface area contributed by atoms with Crippen LogP contribution in [0.5, 0.6) is 0 Å². The number of aliphatic imine (C=N–C) groups is 1. The lowest BCUT2D eigenvalue weighted by molar-refractivity contribution is -0.139. The first-order valence-electron chi connectivity index (χ1n) is 10.5. The summed E-state index contributed by atoms with van der Waals surface area (Å²) in [6.07, 6.45) is 3.41. The molecule has 1 amide bonds. The first kappa shape index (κ1) is 21.0. The molecule has 1 saturated carbocycles. The molecule has 2 N–H and O–H groups in total. The van der Waals surface area contributed by atoms with E-state index in [1.165, 1.54) is 11.3 Å². The lowest BCUT2D eigenvalue weighted by Crippen LogP contribution is -2.52. The number of thiazole rings is 1.